The van der Waals surface area contributed by atoms with Crippen molar-refractivity contribution in [1.82, 2.24) is 9.47 Å². The molecular weight excluding hydrogens is 460 g/mol. The smallest absolute Gasteiger partial charge is 0.298 e. The Morgan fingerprint density at radius 1 is 1.14 bits per heavy atom. The van der Waals surface area contributed by atoms with Crippen LogP contribution in [0.15, 0.2) is 51.7 Å². The summed E-state index contributed by atoms with van der Waals surface area (Å²) in [4.78, 5) is 27.2. The van der Waals surface area contributed by atoms with E-state index in [9.17, 15) is 9.59 Å². The zero-order chi connectivity index (χ0) is 19.7. The number of hydrogen-bond acceptors (Lipinski definition) is 4. The second-order valence-corrected chi connectivity index (χ2v) is 9.59. The SMILES string of the molecule is O=C(CN1CCC(Cn2c(=O)sc3cc(Br)ccc32)CC1)c1ccc(Cl)cc1. The van der Waals surface area contributed by atoms with Gasteiger partial charge in [-0.2, -0.15) is 0 Å². The van der Waals surface area contributed by atoms with Crippen molar-refractivity contribution in [3.8, 4) is 0 Å². The molecule has 7 heteroatoms. The number of carbonyl (C=O) groups excluding carboxylic acids is 1. The minimum atomic E-state index is 0.105. The lowest BCUT2D eigenvalue weighted by atomic mass is 9.96. The number of likely N-dealkylation sites (tertiary alicyclic amines) is 1. The van der Waals surface area contributed by atoms with Gasteiger partial charge >= 0.3 is 4.87 Å². The molecule has 2 aromatic carbocycles. The predicted molar refractivity (Wildman–Crippen MR) is 119 cm³/mol. The molecule has 0 atom stereocenters. The molecule has 28 heavy (non-hydrogen) atoms. The van der Waals surface area contributed by atoms with Crippen LogP contribution in [0.1, 0.15) is 23.2 Å². The second kappa shape index (κ2) is 8.49. The standard InChI is InChI=1S/C21H20BrClN2O2S/c22-16-3-6-18-20(11-16)28-21(27)25(18)12-14-7-9-24(10-8-14)13-19(26)15-1-4-17(23)5-2-15/h1-6,11,14H,7-10,12-13H2. The molecule has 4 nitrogen and oxygen atoms in total. The molecule has 1 aliphatic heterocycles. The molecule has 0 N–H and O–H groups in total. The monoisotopic (exact) mass is 478 g/mol. The van der Waals surface area contributed by atoms with E-state index in [0.717, 1.165) is 47.2 Å². The molecule has 1 fully saturated rings. The van der Waals surface area contributed by atoms with Crippen LogP contribution >= 0.6 is 38.9 Å². The zero-order valence-corrected chi connectivity index (χ0v) is 18.4. The van der Waals surface area contributed by atoms with Gasteiger partial charge in [-0.25, -0.2) is 0 Å². The lowest BCUT2D eigenvalue weighted by Gasteiger charge is -2.31. The Hall–Kier alpha value is -1.47. The van der Waals surface area contributed by atoms with Crippen LogP contribution in [0.3, 0.4) is 0 Å². The molecule has 1 aromatic heterocycles. The number of piperidine rings is 1. The number of Topliss-reactive ketones (excluding diaryl/α,β-unsaturated/α-hetero) is 1. The molecule has 0 unspecified atom stereocenters. The molecule has 3 aromatic rings. The van der Waals surface area contributed by atoms with Crippen LogP contribution in [0.2, 0.25) is 5.02 Å². The van der Waals surface area contributed by atoms with E-state index >= 15 is 0 Å². The molecule has 1 aliphatic rings. The van der Waals surface area contributed by atoms with Gasteiger partial charge in [-0.15, -0.1) is 0 Å². The number of carbonyl (C=O) groups is 1. The van der Waals surface area contributed by atoms with E-state index in [1.165, 1.54) is 11.3 Å². The van der Waals surface area contributed by atoms with Gasteiger partial charge in [0.25, 0.3) is 0 Å². The first-order valence-corrected chi connectivity index (χ1v) is 11.3. The third-order valence-electron chi connectivity index (χ3n) is 5.31. The minimum absolute atomic E-state index is 0.105. The fourth-order valence-electron chi connectivity index (χ4n) is 3.73. The Morgan fingerprint density at radius 3 is 2.57 bits per heavy atom. The summed E-state index contributed by atoms with van der Waals surface area (Å²) in [6.45, 7) is 2.95. The third kappa shape index (κ3) is 4.40. The number of hydrogen-bond donors (Lipinski definition) is 0. The highest BCUT2D eigenvalue weighted by Gasteiger charge is 2.23. The second-order valence-electron chi connectivity index (χ2n) is 7.24. The van der Waals surface area contributed by atoms with E-state index in [1.807, 2.05) is 22.8 Å². The van der Waals surface area contributed by atoms with E-state index < -0.39 is 0 Å². The zero-order valence-electron chi connectivity index (χ0n) is 15.2. The van der Waals surface area contributed by atoms with Crippen molar-refractivity contribution in [1.29, 1.82) is 0 Å². The fraction of sp³-hybridized carbons (Fsp3) is 0.333. The maximum absolute atomic E-state index is 12.4. The lowest BCUT2D eigenvalue weighted by molar-refractivity contribution is 0.0890. The van der Waals surface area contributed by atoms with Crippen molar-refractivity contribution in [3.05, 3.63) is 67.2 Å². The Labute approximate surface area is 180 Å². The molecule has 0 amide bonds. The van der Waals surface area contributed by atoms with Crippen molar-refractivity contribution in [2.75, 3.05) is 19.6 Å². The fourth-order valence-corrected chi connectivity index (χ4v) is 5.31. The summed E-state index contributed by atoms with van der Waals surface area (Å²) in [6, 6.07) is 13.1. The van der Waals surface area contributed by atoms with Crippen molar-refractivity contribution >= 4 is 54.9 Å². The van der Waals surface area contributed by atoms with Crippen LogP contribution in [0, 0.1) is 5.92 Å². The molecular formula is C21H20BrClN2O2S. The molecule has 146 valence electrons. The number of benzene rings is 2. The molecule has 0 saturated carbocycles. The molecule has 1 saturated heterocycles. The first kappa shape index (κ1) is 19.8. The minimum Gasteiger partial charge on any atom is -0.298 e. The molecule has 4 rings (SSSR count). The number of fused-ring (bicyclic) bond motifs is 1. The number of aromatic nitrogens is 1. The summed E-state index contributed by atoms with van der Waals surface area (Å²) in [7, 11) is 0. The first-order chi connectivity index (χ1) is 13.5. The number of ketones is 1. The van der Waals surface area contributed by atoms with Gasteiger partial charge < -0.3 is 0 Å². The highest BCUT2D eigenvalue weighted by atomic mass is 79.9. The summed E-state index contributed by atoms with van der Waals surface area (Å²) >= 11 is 10.7. The van der Waals surface area contributed by atoms with E-state index in [4.69, 9.17) is 11.6 Å². The van der Waals surface area contributed by atoms with Gasteiger partial charge in [-0.3, -0.25) is 19.1 Å². The third-order valence-corrected chi connectivity index (χ3v) is 7.00. The maximum Gasteiger partial charge on any atom is 0.308 e. The number of thiazole rings is 1. The predicted octanol–water partition coefficient (Wildman–Crippen LogP) is 5.07. The van der Waals surface area contributed by atoms with Gasteiger partial charge in [-0.1, -0.05) is 38.9 Å². The molecule has 0 bridgehead atoms. The summed E-state index contributed by atoms with van der Waals surface area (Å²) in [5, 5.41) is 0.640. The Balaban J connectivity index is 1.36. The van der Waals surface area contributed by atoms with Crippen molar-refractivity contribution < 1.29 is 4.79 Å². The Morgan fingerprint density at radius 2 is 1.86 bits per heavy atom. The average Bonchev–Trinajstić information content (AvgIpc) is 2.98. The van der Waals surface area contributed by atoms with Crippen molar-refractivity contribution in [2.24, 2.45) is 5.92 Å². The maximum atomic E-state index is 12.4. The van der Waals surface area contributed by atoms with E-state index in [-0.39, 0.29) is 10.7 Å². The summed E-state index contributed by atoms with van der Waals surface area (Å²) in [5.41, 5.74) is 1.72. The van der Waals surface area contributed by atoms with Gasteiger partial charge in [0.2, 0.25) is 0 Å². The van der Waals surface area contributed by atoms with Gasteiger partial charge in [-0.05, 0) is 74.3 Å². The number of nitrogens with zero attached hydrogens (tertiary/aromatic N) is 2. The Kier molecular flexibility index (Phi) is 6.01. The van der Waals surface area contributed by atoms with E-state index in [0.29, 0.717) is 23.0 Å². The average molecular weight is 480 g/mol. The molecule has 2 heterocycles. The number of halogens is 2. The highest BCUT2D eigenvalue weighted by molar-refractivity contribution is 9.10. The van der Waals surface area contributed by atoms with Crippen molar-refractivity contribution in [3.63, 3.8) is 0 Å². The summed E-state index contributed by atoms with van der Waals surface area (Å²) in [5.74, 6) is 0.585. The van der Waals surface area contributed by atoms with E-state index in [2.05, 4.69) is 20.8 Å². The van der Waals surface area contributed by atoms with Crippen LogP contribution < -0.4 is 4.87 Å². The molecule has 0 aliphatic carbocycles. The molecule has 0 spiro atoms. The normalized spacial score (nSPS) is 15.9. The quantitative estimate of drug-likeness (QED) is 0.480. The van der Waals surface area contributed by atoms with Crippen LogP contribution in [0.5, 0.6) is 0 Å². The van der Waals surface area contributed by atoms with Crippen LogP contribution in [0.4, 0.5) is 0 Å². The van der Waals surface area contributed by atoms with Gasteiger partial charge in [0, 0.05) is 21.6 Å². The number of rotatable bonds is 5. The summed E-state index contributed by atoms with van der Waals surface area (Å²) in [6.07, 6.45) is 1.99. The Bertz CT molecular complexity index is 1050. The van der Waals surface area contributed by atoms with Gasteiger partial charge in [0.1, 0.15) is 0 Å². The topological polar surface area (TPSA) is 42.3 Å². The lowest BCUT2D eigenvalue weighted by Crippen LogP contribution is -2.38. The van der Waals surface area contributed by atoms with Gasteiger partial charge in [0.05, 0.1) is 16.8 Å². The van der Waals surface area contributed by atoms with Crippen LogP contribution in [0.25, 0.3) is 10.2 Å². The first-order valence-electron chi connectivity index (χ1n) is 9.29. The highest BCUT2D eigenvalue weighted by Crippen LogP contribution is 2.25. The summed E-state index contributed by atoms with van der Waals surface area (Å²) < 4.78 is 3.92. The van der Waals surface area contributed by atoms with Crippen LogP contribution in [-0.4, -0.2) is 34.9 Å². The molecule has 0 radical (unpaired) electrons. The largest absolute Gasteiger partial charge is 0.308 e. The van der Waals surface area contributed by atoms with E-state index in [1.54, 1.807) is 24.3 Å². The van der Waals surface area contributed by atoms with Crippen LogP contribution in [-0.2, 0) is 6.54 Å². The van der Waals surface area contributed by atoms with Gasteiger partial charge in [0.15, 0.2) is 5.78 Å². The van der Waals surface area contributed by atoms with Crippen molar-refractivity contribution in [2.45, 2.75) is 19.4 Å².